The van der Waals surface area contributed by atoms with Crippen LogP contribution >= 0.6 is 0 Å². The third-order valence-electron chi connectivity index (χ3n) is 5.15. The molecule has 0 saturated heterocycles. The number of carbonyl (C=O) groups excluding carboxylic acids is 1. The van der Waals surface area contributed by atoms with Gasteiger partial charge in [0.2, 0.25) is 0 Å². The molecule has 6 atom stereocenters. The first kappa shape index (κ1) is 15.3. The Morgan fingerprint density at radius 1 is 1.27 bits per heavy atom. The van der Waals surface area contributed by atoms with Gasteiger partial charge >= 0.3 is 0 Å². The molecule has 0 radical (unpaired) electrons. The summed E-state index contributed by atoms with van der Waals surface area (Å²) in [7, 11) is 0. The molecular formula is C19H22O3. The SMILES string of the molecule is CC1C(=O)[C@@H]2CC[C@H](O)[C@@H](C#C[C@@H](O)Cc3ccccc3)[C@H]12. The summed E-state index contributed by atoms with van der Waals surface area (Å²) in [6.45, 7) is 1.93. The number of rotatable bonds is 2. The van der Waals surface area contributed by atoms with Gasteiger partial charge in [0, 0.05) is 18.3 Å². The minimum Gasteiger partial charge on any atom is -0.392 e. The van der Waals surface area contributed by atoms with Crippen LogP contribution in [0.2, 0.25) is 0 Å². The van der Waals surface area contributed by atoms with Crippen molar-refractivity contribution in [3.63, 3.8) is 0 Å². The molecule has 22 heavy (non-hydrogen) atoms. The van der Waals surface area contributed by atoms with E-state index in [0.717, 1.165) is 12.0 Å². The molecule has 3 nitrogen and oxygen atoms in total. The highest BCUT2D eigenvalue weighted by Crippen LogP contribution is 2.49. The molecule has 1 aromatic carbocycles. The topological polar surface area (TPSA) is 57.5 Å². The summed E-state index contributed by atoms with van der Waals surface area (Å²) < 4.78 is 0. The van der Waals surface area contributed by atoms with E-state index >= 15 is 0 Å². The molecule has 0 heterocycles. The van der Waals surface area contributed by atoms with Crippen LogP contribution in [0.3, 0.4) is 0 Å². The molecule has 0 bridgehead atoms. The number of fused-ring (bicyclic) bond motifs is 1. The van der Waals surface area contributed by atoms with E-state index in [1.165, 1.54) is 0 Å². The van der Waals surface area contributed by atoms with Crippen molar-refractivity contribution in [1.82, 2.24) is 0 Å². The van der Waals surface area contributed by atoms with Crippen molar-refractivity contribution in [2.75, 3.05) is 0 Å². The Morgan fingerprint density at radius 2 is 2.00 bits per heavy atom. The van der Waals surface area contributed by atoms with Crippen LogP contribution in [-0.4, -0.2) is 28.2 Å². The molecule has 3 rings (SSSR count). The molecule has 0 aromatic heterocycles. The number of hydrogen-bond acceptors (Lipinski definition) is 3. The van der Waals surface area contributed by atoms with Crippen molar-refractivity contribution < 1.29 is 15.0 Å². The molecule has 2 aliphatic rings. The van der Waals surface area contributed by atoms with E-state index in [0.29, 0.717) is 18.6 Å². The van der Waals surface area contributed by atoms with E-state index in [9.17, 15) is 15.0 Å². The third-order valence-corrected chi connectivity index (χ3v) is 5.15. The predicted octanol–water partition coefficient (Wildman–Crippen LogP) is 1.82. The third kappa shape index (κ3) is 2.82. The van der Waals surface area contributed by atoms with Crippen molar-refractivity contribution in [3.8, 4) is 11.8 Å². The van der Waals surface area contributed by atoms with Gasteiger partial charge in [-0.15, -0.1) is 0 Å². The maximum atomic E-state index is 11.8. The molecule has 0 spiro atoms. The Bertz CT molecular complexity index is 598. The number of Topliss-reactive ketones (excluding diaryl/α,β-unsaturated/α-hetero) is 1. The first-order valence-corrected chi connectivity index (χ1v) is 8.02. The molecule has 1 aromatic rings. The average Bonchev–Trinajstić information content (AvgIpc) is 2.53. The second-order valence-electron chi connectivity index (χ2n) is 6.54. The maximum Gasteiger partial charge on any atom is 0.139 e. The molecule has 0 amide bonds. The lowest BCUT2D eigenvalue weighted by atomic mass is 9.53. The second-order valence-corrected chi connectivity index (χ2v) is 6.54. The van der Waals surface area contributed by atoms with Gasteiger partial charge in [-0.3, -0.25) is 4.79 Å². The average molecular weight is 298 g/mol. The lowest BCUT2D eigenvalue weighted by Gasteiger charge is -2.49. The lowest BCUT2D eigenvalue weighted by Crippen LogP contribution is -2.55. The summed E-state index contributed by atoms with van der Waals surface area (Å²) in [5.74, 6) is 6.31. The normalized spacial score (nSPS) is 34.9. The van der Waals surface area contributed by atoms with Crippen LogP contribution in [0.25, 0.3) is 0 Å². The molecule has 0 aliphatic heterocycles. The Labute approximate surface area is 131 Å². The standard InChI is InChI=1S/C19H22O3/c1-12-18-15(17(21)10-9-16(18)19(12)22)8-7-14(20)11-13-5-3-2-4-6-13/h2-6,12,14-18,20-21H,9-11H2,1H3/t12?,14-,15-,16-,17+,18+/m1/s1. The van der Waals surface area contributed by atoms with Crippen molar-refractivity contribution in [1.29, 1.82) is 0 Å². The van der Waals surface area contributed by atoms with Crippen LogP contribution in [-0.2, 0) is 11.2 Å². The first-order valence-electron chi connectivity index (χ1n) is 8.02. The lowest BCUT2D eigenvalue weighted by molar-refractivity contribution is -0.151. The quantitative estimate of drug-likeness (QED) is 0.819. The zero-order valence-electron chi connectivity index (χ0n) is 12.8. The van der Waals surface area contributed by atoms with Crippen LogP contribution < -0.4 is 0 Å². The van der Waals surface area contributed by atoms with Gasteiger partial charge in [-0.25, -0.2) is 0 Å². The van der Waals surface area contributed by atoms with Crippen LogP contribution in [0.5, 0.6) is 0 Å². The first-order chi connectivity index (χ1) is 10.6. The molecular weight excluding hydrogens is 276 g/mol. The Kier molecular flexibility index (Phi) is 4.33. The van der Waals surface area contributed by atoms with E-state index in [1.54, 1.807) is 0 Å². The molecule has 2 saturated carbocycles. The van der Waals surface area contributed by atoms with Crippen molar-refractivity contribution in [2.24, 2.45) is 23.7 Å². The van der Waals surface area contributed by atoms with Crippen LogP contribution in [0.15, 0.2) is 30.3 Å². The van der Waals surface area contributed by atoms with Gasteiger partial charge in [0.1, 0.15) is 11.9 Å². The number of benzene rings is 1. The zero-order chi connectivity index (χ0) is 15.7. The fourth-order valence-corrected chi connectivity index (χ4v) is 3.90. The number of hydrogen-bond donors (Lipinski definition) is 2. The van der Waals surface area contributed by atoms with Crippen molar-refractivity contribution in [2.45, 2.75) is 38.4 Å². The molecule has 2 N–H and O–H groups in total. The maximum absolute atomic E-state index is 11.8. The summed E-state index contributed by atoms with van der Waals surface area (Å²) in [5, 5.41) is 20.3. The van der Waals surface area contributed by atoms with E-state index in [1.807, 2.05) is 37.3 Å². The van der Waals surface area contributed by atoms with Gasteiger partial charge in [0.05, 0.1) is 12.0 Å². The van der Waals surface area contributed by atoms with Crippen molar-refractivity contribution >= 4 is 5.78 Å². The molecule has 116 valence electrons. The Morgan fingerprint density at radius 3 is 2.73 bits per heavy atom. The zero-order valence-corrected chi connectivity index (χ0v) is 12.8. The predicted molar refractivity (Wildman–Crippen MR) is 83.8 cm³/mol. The summed E-state index contributed by atoms with van der Waals surface area (Å²) in [4.78, 5) is 11.8. The molecule has 2 aliphatic carbocycles. The Hall–Kier alpha value is -1.63. The Balaban J connectivity index is 1.68. The summed E-state index contributed by atoms with van der Waals surface area (Å²) >= 11 is 0. The van der Waals surface area contributed by atoms with Crippen LogP contribution in [0.4, 0.5) is 0 Å². The summed E-state index contributed by atoms with van der Waals surface area (Å²) in [5.41, 5.74) is 1.04. The highest BCUT2D eigenvalue weighted by Gasteiger charge is 2.54. The van der Waals surface area contributed by atoms with E-state index in [2.05, 4.69) is 11.8 Å². The fraction of sp³-hybridized carbons (Fsp3) is 0.526. The number of aliphatic hydroxyl groups excluding tert-OH is 2. The number of carbonyl (C=O) groups is 1. The van der Waals surface area contributed by atoms with Gasteiger partial charge in [-0.05, 0) is 24.3 Å². The summed E-state index contributed by atoms with van der Waals surface area (Å²) in [6.07, 6.45) is 0.682. The van der Waals surface area contributed by atoms with Gasteiger partial charge in [0.25, 0.3) is 0 Å². The second kappa shape index (κ2) is 6.24. The highest BCUT2D eigenvalue weighted by atomic mass is 16.3. The van der Waals surface area contributed by atoms with E-state index in [4.69, 9.17) is 0 Å². The number of aliphatic hydroxyl groups is 2. The fourth-order valence-electron chi connectivity index (χ4n) is 3.90. The van der Waals surface area contributed by atoms with Gasteiger partial charge < -0.3 is 10.2 Å². The minimum absolute atomic E-state index is 0.00878. The van der Waals surface area contributed by atoms with Crippen LogP contribution in [0, 0.1) is 35.5 Å². The van der Waals surface area contributed by atoms with Crippen LogP contribution in [0.1, 0.15) is 25.3 Å². The van der Waals surface area contributed by atoms with E-state index < -0.39 is 12.2 Å². The number of ketones is 1. The van der Waals surface area contributed by atoms with Gasteiger partial charge in [-0.1, -0.05) is 49.1 Å². The molecule has 1 unspecified atom stereocenters. The van der Waals surface area contributed by atoms with Gasteiger partial charge in [-0.2, -0.15) is 0 Å². The molecule has 2 fully saturated rings. The smallest absolute Gasteiger partial charge is 0.139 e. The van der Waals surface area contributed by atoms with Gasteiger partial charge in [0.15, 0.2) is 0 Å². The van der Waals surface area contributed by atoms with Crippen molar-refractivity contribution in [3.05, 3.63) is 35.9 Å². The minimum atomic E-state index is -0.735. The van der Waals surface area contributed by atoms with E-state index in [-0.39, 0.29) is 23.7 Å². The monoisotopic (exact) mass is 298 g/mol. The largest absolute Gasteiger partial charge is 0.392 e. The summed E-state index contributed by atoms with van der Waals surface area (Å²) in [6, 6.07) is 9.74. The molecule has 3 heteroatoms. The highest BCUT2D eigenvalue weighted by molar-refractivity contribution is 5.90.